The van der Waals surface area contributed by atoms with E-state index in [-0.39, 0.29) is 0 Å². The van der Waals surface area contributed by atoms with Crippen LogP contribution < -0.4 is 0 Å². The third-order valence-corrected chi connectivity index (χ3v) is 3.55. The lowest BCUT2D eigenvalue weighted by Gasteiger charge is -2.02. The Labute approximate surface area is 114 Å². The van der Waals surface area contributed by atoms with Gasteiger partial charge in [0.05, 0.1) is 0 Å². The molecule has 0 rings (SSSR count). The molecule has 0 heterocycles. The molecule has 0 aromatic carbocycles. The summed E-state index contributed by atoms with van der Waals surface area (Å²) in [6.45, 7) is 6.50. The second-order valence-corrected chi connectivity index (χ2v) is 5.20. The minimum absolute atomic E-state index is 0.333. The molecule has 0 aromatic rings. The molecule has 0 N–H and O–H groups in total. The van der Waals surface area contributed by atoms with Gasteiger partial charge in [0.1, 0.15) is 0 Å². The van der Waals surface area contributed by atoms with Gasteiger partial charge < -0.3 is 0 Å². The Morgan fingerprint density at radius 2 is 1.28 bits per heavy atom. The summed E-state index contributed by atoms with van der Waals surface area (Å²) in [7, 11) is 0. The Hall–Kier alpha value is -0.590. The minimum Gasteiger partial charge on any atom is -0.295 e. The Balaban J connectivity index is 3.43. The summed E-state index contributed by atoms with van der Waals surface area (Å²) in [5.74, 6) is 0.333. The largest absolute Gasteiger partial charge is 0.295 e. The summed E-state index contributed by atoms with van der Waals surface area (Å²) in [5, 5.41) is 0. The van der Waals surface area contributed by atoms with Gasteiger partial charge in [0.15, 0.2) is 5.78 Å². The van der Waals surface area contributed by atoms with E-state index in [0.29, 0.717) is 5.78 Å². The number of rotatable bonds is 12. The number of hydrogen-bond acceptors (Lipinski definition) is 1. The van der Waals surface area contributed by atoms with Gasteiger partial charge in [-0.2, -0.15) is 0 Å². The molecular formula is C17H32O. The molecule has 0 aliphatic heterocycles. The van der Waals surface area contributed by atoms with Crippen molar-refractivity contribution in [2.75, 3.05) is 0 Å². The van der Waals surface area contributed by atoms with Crippen molar-refractivity contribution < 1.29 is 4.79 Å². The van der Waals surface area contributed by atoms with E-state index in [1.54, 1.807) is 0 Å². The van der Waals surface area contributed by atoms with Crippen LogP contribution in [-0.4, -0.2) is 5.78 Å². The summed E-state index contributed by atoms with van der Waals surface area (Å²) in [6, 6.07) is 0. The fraction of sp³-hybridized carbons (Fsp3) is 0.824. The first-order chi connectivity index (χ1) is 8.74. The normalized spacial score (nSPS) is 10.4. The van der Waals surface area contributed by atoms with E-state index in [1.165, 1.54) is 50.5 Å². The van der Waals surface area contributed by atoms with Crippen molar-refractivity contribution in [3.8, 4) is 0 Å². The first-order valence-electron chi connectivity index (χ1n) is 7.96. The summed E-state index contributed by atoms with van der Waals surface area (Å²) in [5.41, 5.74) is 1.29. The Kier molecular flexibility index (Phi) is 12.4. The maximum Gasteiger partial charge on any atom is 0.155 e. The highest BCUT2D eigenvalue weighted by atomic mass is 16.1. The molecule has 0 aliphatic rings. The van der Waals surface area contributed by atoms with Gasteiger partial charge in [-0.15, -0.1) is 0 Å². The Morgan fingerprint density at radius 3 is 1.78 bits per heavy atom. The molecule has 0 spiro atoms. The van der Waals surface area contributed by atoms with Crippen molar-refractivity contribution in [3.63, 3.8) is 0 Å². The topological polar surface area (TPSA) is 17.1 Å². The Bertz CT molecular complexity index is 222. The summed E-state index contributed by atoms with van der Waals surface area (Å²) in [6.07, 6.45) is 15.0. The van der Waals surface area contributed by atoms with Crippen LogP contribution in [0, 0.1) is 0 Å². The number of allylic oxidation sites excluding steroid dienone is 2. The van der Waals surface area contributed by atoms with Gasteiger partial charge in [-0.1, -0.05) is 71.3 Å². The molecule has 106 valence electrons. The monoisotopic (exact) mass is 252 g/mol. The van der Waals surface area contributed by atoms with Gasteiger partial charge in [0.25, 0.3) is 0 Å². The molecule has 0 fully saturated rings. The van der Waals surface area contributed by atoms with Crippen LogP contribution in [0.25, 0.3) is 0 Å². The quantitative estimate of drug-likeness (QED) is 0.315. The molecule has 0 saturated carbocycles. The Morgan fingerprint density at radius 1 is 0.778 bits per heavy atom. The molecule has 0 aromatic heterocycles. The van der Waals surface area contributed by atoms with Gasteiger partial charge >= 0.3 is 0 Å². The summed E-state index contributed by atoms with van der Waals surface area (Å²) in [4.78, 5) is 11.7. The van der Waals surface area contributed by atoms with E-state index >= 15 is 0 Å². The van der Waals surface area contributed by atoms with E-state index in [2.05, 4.69) is 20.8 Å². The lowest BCUT2D eigenvalue weighted by atomic mass is 10.0. The van der Waals surface area contributed by atoms with Crippen LogP contribution in [0.2, 0.25) is 0 Å². The van der Waals surface area contributed by atoms with Gasteiger partial charge in [-0.25, -0.2) is 0 Å². The van der Waals surface area contributed by atoms with Crippen molar-refractivity contribution in [3.05, 3.63) is 11.6 Å². The summed E-state index contributed by atoms with van der Waals surface area (Å²) >= 11 is 0. The zero-order valence-electron chi connectivity index (χ0n) is 12.8. The summed E-state index contributed by atoms with van der Waals surface area (Å²) < 4.78 is 0. The van der Waals surface area contributed by atoms with Crippen LogP contribution >= 0.6 is 0 Å². The molecule has 18 heavy (non-hydrogen) atoms. The first kappa shape index (κ1) is 17.4. The highest BCUT2D eigenvalue weighted by Crippen LogP contribution is 2.11. The van der Waals surface area contributed by atoms with Crippen molar-refractivity contribution in [2.45, 2.75) is 91.4 Å². The zero-order valence-corrected chi connectivity index (χ0v) is 12.8. The molecular weight excluding hydrogens is 220 g/mol. The third kappa shape index (κ3) is 10.6. The number of ketones is 1. The predicted octanol–water partition coefficient (Wildman–Crippen LogP) is 5.83. The van der Waals surface area contributed by atoms with Crippen LogP contribution in [0.3, 0.4) is 0 Å². The van der Waals surface area contributed by atoms with E-state index in [1.807, 2.05) is 6.08 Å². The van der Waals surface area contributed by atoms with Gasteiger partial charge in [-0.3, -0.25) is 4.79 Å². The molecule has 0 atom stereocenters. The second kappa shape index (κ2) is 12.9. The fourth-order valence-electron chi connectivity index (χ4n) is 2.19. The fourth-order valence-corrected chi connectivity index (χ4v) is 2.19. The molecule has 0 aliphatic carbocycles. The van der Waals surface area contributed by atoms with Crippen LogP contribution in [0.5, 0.6) is 0 Å². The van der Waals surface area contributed by atoms with Crippen molar-refractivity contribution in [1.29, 1.82) is 0 Å². The molecule has 0 unspecified atom stereocenters. The molecule has 1 nitrogen and oxygen atoms in total. The van der Waals surface area contributed by atoms with E-state index < -0.39 is 0 Å². The number of carbonyl (C=O) groups is 1. The van der Waals surface area contributed by atoms with Gasteiger partial charge in [0.2, 0.25) is 0 Å². The SMILES string of the molecule is CCCCCCCCCCC(=O)C=C(CC)CC. The molecule has 0 radical (unpaired) electrons. The third-order valence-electron chi connectivity index (χ3n) is 3.55. The minimum atomic E-state index is 0.333. The van der Waals surface area contributed by atoms with Gasteiger partial charge in [-0.05, 0) is 25.3 Å². The number of hydrogen-bond donors (Lipinski definition) is 0. The molecule has 1 heteroatoms. The standard InChI is InChI=1S/C17H32O/c1-4-7-8-9-10-11-12-13-14-17(18)15-16(5-2)6-3/h15H,4-14H2,1-3H3. The first-order valence-corrected chi connectivity index (χ1v) is 7.96. The van der Waals surface area contributed by atoms with Crippen LogP contribution in [0.15, 0.2) is 11.6 Å². The van der Waals surface area contributed by atoms with Crippen molar-refractivity contribution >= 4 is 5.78 Å². The second-order valence-electron chi connectivity index (χ2n) is 5.20. The van der Waals surface area contributed by atoms with Gasteiger partial charge in [0, 0.05) is 6.42 Å². The lowest BCUT2D eigenvalue weighted by Crippen LogP contribution is -1.95. The zero-order chi connectivity index (χ0) is 13.6. The van der Waals surface area contributed by atoms with Crippen molar-refractivity contribution in [1.82, 2.24) is 0 Å². The number of carbonyl (C=O) groups excluding carboxylic acids is 1. The predicted molar refractivity (Wildman–Crippen MR) is 80.9 cm³/mol. The maximum atomic E-state index is 11.7. The van der Waals surface area contributed by atoms with Crippen molar-refractivity contribution in [2.24, 2.45) is 0 Å². The average molecular weight is 252 g/mol. The van der Waals surface area contributed by atoms with E-state index in [4.69, 9.17) is 0 Å². The average Bonchev–Trinajstić information content (AvgIpc) is 2.39. The van der Waals surface area contributed by atoms with E-state index in [9.17, 15) is 4.79 Å². The van der Waals surface area contributed by atoms with Crippen LogP contribution in [0.1, 0.15) is 91.4 Å². The van der Waals surface area contributed by atoms with Crippen LogP contribution in [-0.2, 0) is 4.79 Å². The molecule has 0 saturated heterocycles. The maximum absolute atomic E-state index is 11.7. The number of unbranched alkanes of at least 4 members (excludes halogenated alkanes) is 7. The lowest BCUT2D eigenvalue weighted by molar-refractivity contribution is -0.114. The highest BCUT2D eigenvalue weighted by molar-refractivity contribution is 5.90. The smallest absolute Gasteiger partial charge is 0.155 e. The van der Waals surface area contributed by atoms with E-state index in [0.717, 1.165) is 25.7 Å². The highest BCUT2D eigenvalue weighted by Gasteiger charge is 2.00. The molecule has 0 bridgehead atoms. The van der Waals surface area contributed by atoms with Crippen LogP contribution in [0.4, 0.5) is 0 Å². The molecule has 0 amide bonds.